The summed E-state index contributed by atoms with van der Waals surface area (Å²) in [4.78, 5) is 38.3. The van der Waals surface area contributed by atoms with E-state index in [2.05, 4.69) is 10.7 Å². The van der Waals surface area contributed by atoms with Gasteiger partial charge in [0.25, 0.3) is 5.91 Å². The first-order valence-electron chi connectivity index (χ1n) is 10.4. The summed E-state index contributed by atoms with van der Waals surface area (Å²) in [5, 5.41) is 3.77. The number of piperidine rings is 1. The van der Waals surface area contributed by atoms with Crippen LogP contribution in [0.5, 0.6) is 0 Å². The lowest BCUT2D eigenvalue weighted by Crippen LogP contribution is -2.51. The van der Waals surface area contributed by atoms with Crippen LogP contribution in [0.3, 0.4) is 0 Å². The summed E-state index contributed by atoms with van der Waals surface area (Å²) in [5.74, 6) is -1.62. The van der Waals surface area contributed by atoms with Crippen molar-refractivity contribution in [1.29, 1.82) is 0 Å². The van der Waals surface area contributed by atoms with Crippen molar-refractivity contribution in [2.75, 3.05) is 13.1 Å². The van der Waals surface area contributed by atoms with Crippen LogP contribution < -0.4 is 10.7 Å². The molecule has 0 bridgehead atoms. The number of sulfonamides is 1. The Balaban J connectivity index is 1.39. The van der Waals surface area contributed by atoms with Gasteiger partial charge in [-0.1, -0.05) is 41.9 Å². The van der Waals surface area contributed by atoms with Crippen LogP contribution in [0.2, 0.25) is 5.02 Å². The molecule has 2 aromatic carbocycles. The number of nitrogens with zero attached hydrogens (tertiary/aromatic N) is 2. The van der Waals surface area contributed by atoms with E-state index in [0.717, 1.165) is 0 Å². The molecule has 2 aliphatic rings. The van der Waals surface area contributed by atoms with Crippen molar-refractivity contribution in [3.05, 3.63) is 65.2 Å². The molecule has 4 amide bonds. The zero-order valence-electron chi connectivity index (χ0n) is 17.8. The molecule has 0 aliphatic carbocycles. The van der Waals surface area contributed by atoms with Gasteiger partial charge in [0.05, 0.1) is 4.90 Å². The summed E-state index contributed by atoms with van der Waals surface area (Å²) in [6.45, 7) is 1.87. The number of hydrogen-bond acceptors (Lipinski definition) is 5. The predicted octanol–water partition coefficient (Wildman–Crippen LogP) is 2.24. The standard InChI is InChI=1S/C22H23ClN4O5S/c1-22(16-5-3-2-4-6-16)20(29)27(21(30)24-22)25-19(28)15-11-13-26(14-12-15)33(31,32)18-9-7-17(23)8-10-18/h2-10,15H,11-14H2,1H3,(H,24,30)(H,25,28)/t22-/m0/s1. The van der Waals surface area contributed by atoms with Gasteiger partial charge in [0.1, 0.15) is 5.54 Å². The Kier molecular flexibility index (Phi) is 6.17. The number of carbonyl (C=O) groups excluding carboxylic acids is 3. The molecule has 0 aromatic heterocycles. The van der Waals surface area contributed by atoms with Crippen molar-refractivity contribution in [1.82, 2.24) is 20.1 Å². The highest BCUT2D eigenvalue weighted by Gasteiger charge is 2.50. The quantitative estimate of drug-likeness (QED) is 0.623. The molecule has 2 fully saturated rings. The van der Waals surface area contributed by atoms with E-state index in [1.807, 2.05) is 0 Å². The van der Waals surface area contributed by atoms with Gasteiger partial charge < -0.3 is 5.32 Å². The highest BCUT2D eigenvalue weighted by molar-refractivity contribution is 7.89. The number of hydrogen-bond donors (Lipinski definition) is 2. The molecule has 2 N–H and O–H groups in total. The van der Waals surface area contributed by atoms with Crippen molar-refractivity contribution in [2.45, 2.75) is 30.2 Å². The van der Waals surface area contributed by atoms with Crippen LogP contribution in [0.1, 0.15) is 25.3 Å². The molecule has 33 heavy (non-hydrogen) atoms. The average Bonchev–Trinajstić information content (AvgIpc) is 3.04. The number of amides is 4. The number of urea groups is 1. The predicted molar refractivity (Wildman–Crippen MR) is 120 cm³/mol. The lowest BCUT2D eigenvalue weighted by molar-refractivity contribution is -0.141. The molecular formula is C22H23ClN4O5S. The summed E-state index contributed by atoms with van der Waals surface area (Å²) < 4.78 is 27.0. The van der Waals surface area contributed by atoms with Crippen LogP contribution in [0, 0.1) is 5.92 Å². The summed E-state index contributed by atoms with van der Waals surface area (Å²) in [6, 6.07) is 13.9. The Morgan fingerprint density at radius 2 is 1.67 bits per heavy atom. The van der Waals surface area contributed by atoms with E-state index in [1.54, 1.807) is 37.3 Å². The first kappa shape index (κ1) is 23.2. The second-order valence-corrected chi connectivity index (χ2v) is 10.5. The molecule has 11 heteroatoms. The molecule has 4 rings (SSSR count). The van der Waals surface area contributed by atoms with Crippen molar-refractivity contribution in [2.24, 2.45) is 5.92 Å². The van der Waals surface area contributed by atoms with E-state index >= 15 is 0 Å². The fourth-order valence-corrected chi connectivity index (χ4v) is 5.62. The third-order valence-electron chi connectivity index (χ3n) is 6.04. The molecule has 0 unspecified atom stereocenters. The molecular weight excluding hydrogens is 468 g/mol. The van der Waals surface area contributed by atoms with Crippen LogP contribution in [-0.2, 0) is 25.2 Å². The van der Waals surface area contributed by atoms with Gasteiger partial charge in [-0.05, 0) is 49.6 Å². The van der Waals surface area contributed by atoms with Gasteiger partial charge >= 0.3 is 6.03 Å². The SMILES string of the molecule is C[C@@]1(c2ccccc2)NC(=O)N(NC(=O)C2CCN(S(=O)(=O)c3ccc(Cl)cc3)CC2)C1=O. The summed E-state index contributed by atoms with van der Waals surface area (Å²) >= 11 is 5.84. The summed E-state index contributed by atoms with van der Waals surface area (Å²) in [7, 11) is -3.70. The number of halogens is 1. The number of hydrazine groups is 1. The molecule has 174 valence electrons. The monoisotopic (exact) mass is 490 g/mol. The van der Waals surface area contributed by atoms with Crippen LogP contribution in [-0.4, -0.2) is 48.7 Å². The molecule has 1 atom stereocenters. The third kappa shape index (κ3) is 4.33. The molecule has 0 radical (unpaired) electrons. The highest BCUT2D eigenvalue weighted by Crippen LogP contribution is 2.29. The normalized spacial score (nSPS) is 22.3. The average molecular weight is 491 g/mol. The van der Waals surface area contributed by atoms with Crippen LogP contribution in [0.25, 0.3) is 0 Å². The maximum atomic E-state index is 13.0. The Hall–Kier alpha value is -2.95. The van der Waals surface area contributed by atoms with Crippen molar-refractivity contribution in [3.8, 4) is 0 Å². The van der Waals surface area contributed by atoms with Gasteiger partial charge in [0.2, 0.25) is 15.9 Å². The molecule has 2 heterocycles. The number of nitrogens with one attached hydrogen (secondary N) is 2. The molecule has 0 spiro atoms. The number of carbonyl (C=O) groups is 3. The van der Waals surface area contributed by atoms with E-state index in [0.29, 0.717) is 15.6 Å². The fraction of sp³-hybridized carbons (Fsp3) is 0.318. The number of rotatable bonds is 5. The Morgan fingerprint density at radius 3 is 2.27 bits per heavy atom. The second-order valence-electron chi connectivity index (χ2n) is 8.17. The minimum absolute atomic E-state index is 0.134. The van der Waals surface area contributed by atoms with Crippen LogP contribution >= 0.6 is 11.6 Å². The third-order valence-corrected chi connectivity index (χ3v) is 8.20. The maximum Gasteiger partial charge on any atom is 0.344 e. The lowest BCUT2D eigenvalue weighted by Gasteiger charge is -2.31. The van der Waals surface area contributed by atoms with Crippen LogP contribution in [0.4, 0.5) is 4.79 Å². The largest absolute Gasteiger partial charge is 0.344 e. The van der Waals surface area contributed by atoms with Gasteiger partial charge in [0.15, 0.2) is 0 Å². The van der Waals surface area contributed by atoms with Crippen molar-refractivity contribution >= 4 is 39.5 Å². The van der Waals surface area contributed by atoms with Gasteiger partial charge in [0, 0.05) is 24.0 Å². The summed E-state index contributed by atoms with van der Waals surface area (Å²) in [5.41, 5.74) is 1.72. The van der Waals surface area contributed by atoms with Gasteiger partial charge in [-0.25, -0.2) is 13.2 Å². The Labute approximate surface area is 196 Å². The smallest absolute Gasteiger partial charge is 0.318 e. The zero-order chi connectivity index (χ0) is 23.8. The molecule has 0 saturated carbocycles. The van der Waals surface area contributed by atoms with E-state index in [4.69, 9.17) is 11.6 Å². The first-order chi connectivity index (χ1) is 15.6. The minimum Gasteiger partial charge on any atom is -0.318 e. The van der Waals surface area contributed by atoms with Gasteiger partial charge in [-0.3, -0.25) is 15.0 Å². The van der Waals surface area contributed by atoms with Gasteiger partial charge in [-0.2, -0.15) is 9.31 Å². The van der Waals surface area contributed by atoms with Crippen molar-refractivity contribution in [3.63, 3.8) is 0 Å². The van der Waals surface area contributed by atoms with Crippen molar-refractivity contribution < 1.29 is 22.8 Å². The van der Waals surface area contributed by atoms with E-state index in [9.17, 15) is 22.8 Å². The molecule has 2 aliphatic heterocycles. The van der Waals surface area contributed by atoms with Crippen LogP contribution in [0.15, 0.2) is 59.5 Å². The minimum atomic E-state index is -3.70. The maximum absolute atomic E-state index is 13.0. The number of imide groups is 1. The van der Waals surface area contributed by atoms with E-state index in [1.165, 1.54) is 28.6 Å². The molecule has 2 saturated heterocycles. The highest BCUT2D eigenvalue weighted by atomic mass is 35.5. The van der Waals surface area contributed by atoms with E-state index in [-0.39, 0.29) is 30.8 Å². The summed E-state index contributed by atoms with van der Waals surface area (Å²) in [6.07, 6.45) is 0.524. The first-order valence-corrected chi connectivity index (χ1v) is 12.2. The number of benzene rings is 2. The van der Waals surface area contributed by atoms with Gasteiger partial charge in [-0.15, -0.1) is 0 Å². The fourth-order valence-electron chi connectivity index (χ4n) is 4.02. The second kappa shape index (κ2) is 8.77. The Bertz CT molecular complexity index is 1180. The molecule has 2 aromatic rings. The Morgan fingerprint density at radius 1 is 1.06 bits per heavy atom. The molecule has 9 nitrogen and oxygen atoms in total. The zero-order valence-corrected chi connectivity index (χ0v) is 19.4. The topological polar surface area (TPSA) is 116 Å². The lowest BCUT2D eigenvalue weighted by atomic mass is 9.92. The van der Waals surface area contributed by atoms with E-state index < -0.39 is 39.3 Å².